The van der Waals surface area contributed by atoms with Crippen LogP contribution in [-0.4, -0.2) is 62.8 Å². The summed E-state index contributed by atoms with van der Waals surface area (Å²) in [6, 6.07) is 0.917. The third-order valence-corrected chi connectivity index (χ3v) is 6.07. The molecule has 0 saturated heterocycles. The monoisotopic (exact) mass is 478 g/mol. The topological polar surface area (TPSA) is 93.9 Å². The molecule has 1 aliphatic rings. The van der Waals surface area contributed by atoms with Gasteiger partial charge in [-0.05, 0) is 32.3 Å². The molecule has 182 valence electrons. The van der Waals surface area contributed by atoms with Crippen LogP contribution in [-0.2, 0) is 6.54 Å². The number of nitrogens with one attached hydrogen (secondary N) is 1. The number of halogens is 3. The zero-order valence-corrected chi connectivity index (χ0v) is 19.0. The van der Waals surface area contributed by atoms with Gasteiger partial charge in [0.15, 0.2) is 5.65 Å². The minimum Gasteiger partial charge on any atom is -0.494 e. The summed E-state index contributed by atoms with van der Waals surface area (Å²) >= 11 is 0. The summed E-state index contributed by atoms with van der Waals surface area (Å²) in [7, 11) is 2.98. The average Bonchev–Trinajstić information content (AvgIpc) is 3.26. The number of carbonyl (C=O) groups excluding carboxylic acids is 1. The maximum Gasteiger partial charge on any atom is 0.411 e. The van der Waals surface area contributed by atoms with Crippen LogP contribution in [0, 0.1) is 0 Å². The quantitative estimate of drug-likeness (QED) is 0.555. The van der Waals surface area contributed by atoms with Crippen LogP contribution < -0.4 is 14.8 Å². The van der Waals surface area contributed by atoms with Gasteiger partial charge in [0.2, 0.25) is 0 Å². The van der Waals surface area contributed by atoms with E-state index in [2.05, 4.69) is 20.3 Å². The van der Waals surface area contributed by atoms with E-state index in [4.69, 9.17) is 9.47 Å². The van der Waals surface area contributed by atoms with Crippen LogP contribution in [0.3, 0.4) is 0 Å². The number of amides is 2. The van der Waals surface area contributed by atoms with Crippen LogP contribution in [0.15, 0.2) is 30.9 Å². The van der Waals surface area contributed by atoms with E-state index in [1.165, 1.54) is 25.3 Å². The van der Waals surface area contributed by atoms with E-state index in [-0.39, 0.29) is 25.9 Å². The van der Waals surface area contributed by atoms with Crippen molar-refractivity contribution >= 4 is 11.7 Å². The molecule has 3 aromatic heterocycles. The molecule has 3 aromatic rings. The third kappa shape index (κ3) is 4.19. The molecule has 0 spiro atoms. The first kappa shape index (κ1) is 23.6. The van der Waals surface area contributed by atoms with E-state index >= 15 is 0 Å². The van der Waals surface area contributed by atoms with Crippen molar-refractivity contribution < 1.29 is 27.4 Å². The highest BCUT2D eigenvalue weighted by atomic mass is 19.4. The molecular weight excluding hydrogens is 453 g/mol. The Hall–Kier alpha value is -3.57. The van der Waals surface area contributed by atoms with Gasteiger partial charge in [-0.2, -0.15) is 13.2 Å². The Labute approximate surface area is 193 Å². The third-order valence-electron chi connectivity index (χ3n) is 6.07. The number of hydrogen-bond acceptors (Lipinski definition) is 6. The van der Waals surface area contributed by atoms with Gasteiger partial charge in [0.1, 0.15) is 11.3 Å². The van der Waals surface area contributed by atoms with Gasteiger partial charge in [-0.1, -0.05) is 0 Å². The van der Waals surface area contributed by atoms with Crippen molar-refractivity contribution in [2.45, 2.75) is 44.4 Å². The first-order valence-corrected chi connectivity index (χ1v) is 10.8. The highest BCUT2D eigenvalue weighted by Crippen LogP contribution is 2.45. The summed E-state index contributed by atoms with van der Waals surface area (Å²) in [5, 5.41) is 2.21. The zero-order valence-electron chi connectivity index (χ0n) is 19.0. The number of pyridine rings is 1. The molecule has 9 nitrogen and oxygen atoms in total. The Balaban J connectivity index is 1.62. The highest BCUT2D eigenvalue weighted by molar-refractivity contribution is 5.75. The molecule has 1 saturated carbocycles. The molecule has 0 radical (unpaired) electrons. The second-order valence-corrected chi connectivity index (χ2v) is 8.05. The Morgan fingerprint density at radius 1 is 1.26 bits per heavy atom. The van der Waals surface area contributed by atoms with Crippen LogP contribution >= 0.6 is 0 Å². The Morgan fingerprint density at radius 2 is 2.03 bits per heavy atom. The molecule has 0 aliphatic heterocycles. The maximum absolute atomic E-state index is 13.5. The molecule has 34 heavy (non-hydrogen) atoms. The smallest absolute Gasteiger partial charge is 0.411 e. The van der Waals surface area contributed by atoms with Crippen molar-refractivity contribution in [3.63, 3.8) is 0 Å². The molecule has 12 heteroatoms. The summed E-state index contributed by atoms with van der Waals surface area (Å²) < 4.78 is 53.0. The predicted octanol–water partition coefficient (Wildman–Crippen LogP) is 3.83. The second kappa shape index (κ2) is 8.99. The summed E-state index contributed by atoms with van der Waals surface area (Å²) in [6.07, 6.45) is 2.30. The van der Waals surface area contributed by atoms with Crippen LogP contribution in [0.2, 0.25) is 0 Å². The van der Waals surface area contributed by atoms with Gasteiger partial charge in [-0.15, -0.1) is 0 Å². The number of rotatable bonds is 7. The summed E-state index contributed by atoms with van der Waals surface area (Å²) in [6.45, 7) is 1.91. The minimum absolute atomic E-state index is 0.0116. The first-order chi connectivity index (χ1) is 16.2. The van der Waals surface area contributed by atoms with Gasteiger partial charge in [0, 0.05) is 30.7 Å². The molecule has 0 atom stereocenters. The van der Waals surface area contributed by atoms with Gasteiger partial charge < -0.3 is 24.1 Å². The lowest BCUT2D eigenvalue weighted by molar-refractivity contribution is -0.215. The number of urea groups is 1. The van der Waals surface area contributed by atoms with Gasteiger partial charge in [-0.3, -0.25) is 4.98 Å². The number of imidazole rings is 1. The molecule has 0 unspecified atom stereocenters. The van der Waals surface area contributed by atoms with E-state index in [0.29, 0.717) is 40.6 Å². The van der Waals surface area contributed by atoms with Crippen molar-refractivity contribution in [1.29, 1.82) is 0 Å². The molecule has 2 amide bonds. The molecule has 1 aliphatic carbocycles. The van der Waals surface area contributed by atoms with E-state index in [1.54, 1.807) is 36.0 Å². The van der Waals surface area contributed by atoms with Crippen LogP contribution in [0.25, 0.3) is 16.9 Å². The van der Waals surface area contributed by atoms with Gasteiger partial charge in [0.05, 0.1) is 38.3 Å². The first-order valence-electron chi connectivity index (χ1n) is 10.8. The molecule has 0 aromatic carbocycles. The standard InChI is InChI=1S/C22H25F3N6O3/c1-4-30(20(32)29-21(6-5-7-21)22(23,24)25)12-14-10-15(17(33-2)11-27-14)16-13-31-9-8-26-18(31)19(28-16)34-3/h8-11,13H,4-7,12H2,1-3H3,(H,29,32). The number of carbonyl (C=O) groups is 1. The molecular formula is C22H25F3N6O3. The maximum atomic E-state index is 13.5. The van der Waals surface area contributed by atoms with E-state index < -0.39 is 17.7 Å². The number of aromatic nitrogens is 4. The van der Waals surface area contributed by atoms with Crippen LogP contribution in [0.4, 0.5) is 18.0 Å². The van der Waals surface area contributed by atoms with E-state index in [0.717, 1.165) is 0 Å². The van der Waals surface area contributed by atoms with Crippen molar-refractivity contribution in [2.75, 3.05) is 20.8 Å². The number of fused-ring (bicyclic) bond motifs is 1. The van der Waals surface area contributed by atoms with Gasteiger partial charge >= 0.3 is 12.2 Å². The average molecular weight is 478 g/mol. The normalized spacial score (nSPS) is 15.0. The van der Waals surface area contributed by atoms with Gasteiger partial charge in [0.25, 0.3) is 5.88 Å². The van der Waals surface area contributed by atoms with E-state index in [9.17, 15) is 18.0 Å². The largest absolute Gasteiger partial charge is 0.494 e. The fraction of sp³-hybridized carbons (Fsp3) is 0.455. The highest BCUT2D eigenvalue weighted by Gasteiger charge is 2.59. The van der Waals surface area contributed by atoms with Crippen molar-refractivity contribution in [3.8, 4) is 22.9 Å². The second-order valence-electron chi connectivity index (χ2n) is 8.05. The summed E-state index contributed by atoms with van der Waals surface area (Å²) in [5.41, 5.74) is -0.0437. The molecule has 0 bridgehead atoms. The Bertz CT molecular complexity index is 1190. The van der Waals surface area contributed by atoms with Crippen LogP contribution in [0.5, 0.6) is 11.6 Å². The molecule has 3 heterocycles. The summed E-state index contributed by atoms with van der Waals surface area (Å²) in [5.74, 6) is 0.756. The van der Waals surface area contributed by atoms with Crippen LogP contribution in [0.1, 0.15) is 31.9 Å². The van der Waals surface area contributed by atoms with Crippen molar-refractivity contribution in [2.24, 2.45) is 0 Å². The Morgan fingerprint density at radius 3 is 2.62 bits per heavy atom. The van der Waals surface area contributed by atoms with Crippen molar-refractivity contribution in [1.82, 2.24) is 29.6 Å². The lowest BCUT2D eigenvalue weighted by Gasteiger charge is -2.44. The van der Waals surface area contributed by atoms with Gasteiger partial charge in [-0.25, -0.2) is 14.8 Å². The fourth-order valence-electron chi connectivity index (χ4n) is 3.92. The molecule has 1 N–H and O–H groups in total. The SMILES string of the molecule is CCN(Cc1cc(-c2cn3ccnc3c(OC)n2)c(OC)cn1)C(=O)NC1(C(F)(F)F)CCC1. The number of hydrogen-bond donors (Lipinski definition) is 1. The lowest BCUT2D eigenvalue weighted by atomic mass is 9.76. The number of nitrogens with zero attached hydrogens (tertiary/aromatic N) is 5. The minimum atomic E-state index is -4.50. The zero-order chi connectivity index (χ0) is 24.5. The number of methoxy groups -OCH3 is 2. The summed E-state index contributed by atoms with van der Waals surface area (Å²) in [4.78, 5) is 27.1. The lowest BCUT2D eigenvalue weighted by Crippen LogP contribution is -2.64. The van der Waals surface area contributed by atoms with Crippen molar-refractivity contribution in [3.05, 3.63) is 36.5 Å². The number of ether oxygens (including phenoxy) is 2. The molecule has 1 fully saturated rings. The fourth-order valence-corrected chi connectivity index (χ4v) is 3.92. The molecule has 4 rings (SSSR count). The number of alkyl halides is 3. The predicted molar refractivity (Wildman–Crippen MR) is 117 cm³/mol. The van der Waals surface area contributed by atoms with E-state index in [1.807, 2.05) is 0 Å². The Kier molecular flexibility index (Phi) is 6.24.